The number of carbonyl (C=O) groups excluding carboxylic acids is 2. The van der Waals surface area contributed by atoms with Gasteiger partial charge < -0.3 is 10.1 Å². The summed E-state index contributed by atoms with van der Waals surface area (Å²) in [6, 6.07) is 11.0. The highest BCUT2D eigenvalue weighted by molar-refractivity contribution is 7.92. The summed E-state index contributed by atoms with van der Waals surface area (Å²) in [6.07, 6.45) is 0.876. The van der Waals surface area contributed by atoms with Gasteiger partial charge in [0.05, 0.1) is 35.2 Å². The third-order valence-corrected chi connectivity index (χ3v) is 4.76. The van der Waals surface area contributed by atoms with Crippen molar-refractivity contribution in [3.8, 4) is 0 Å². The summed E-state index contributed by atoms with van der Waals surface area (Å²) in [5.74, 6) is -1.41. The lowest BCUT2D eigenvalue weighted by Gasteiger charge is -2.22. The highest BCUT2D eigenvalue weighted by atomic mass is 32.2. The van der Waals surface area contributed by atoms with Gasteiger partial charge in [-0.2, -0.15) is 0 Å². The van der Waals surface area contributed by atoms with Gasteiger partial charge in [-0.15, -0.1) is 0 Å². The molecule has 0 aromatic heterocycles. The Bertz CT molecular complexity index is 1020. The highest BCUT2D eigenvalue weighted by Crippen LogP contribution is 2.23. The molecule has 0 fully saturated rings. The van der Waals surface area contributed by atoms with E-state index in [0.29, 0.717) is 0 Å². The van der Waals surface area contributed by atoms with Crippen molar-refractivity contribution in [2.75, 3.05) is 29.5 Å². The molecule has 0 heterocycles. The number of hydrogen-bond donors (Lipinski definition) is 1. The lowest BCUT2D eigenvalue weighted by Crippen LogP contribution is -2.37. The van der Waals surface area contributed by atoms with Crippen LogP contribution in [0.25, 0.3) is 0 Å². The normalized spacial score (nSPS) is 10.8. The Hall–Kier alpha value is -3.47. The predicted octanol–water partition coefficient (Wildman–Crippen LogP) is 1.79. The van der Waals surface area contributed by atoms with Crippen LogP contribution in [0.1, 0.15) is 10.4 Å². The first kappa shape index (κ1) is 20.8. The van der Waals surface area contributed by atoms with Gasteiger partial charge in [0.2, 0.25) is 15.9 Å². The summed E-state index contributed by atoms with van der Waals surface area (Å²) in [4.78, 5) is 34.5. The van der Waals surface area contributed by atoms with Crippen molar-refractivity contribution >= 4 is 39.0 Å². The van der Waals surface area contributed by atoms with E-state index in [-0.39, 0.29) is 22.6 Å². The molecule has 1 amide bonds. The minimum absolute atomic E-state index is 0.0342. The van der Waals surface area contributed by atoms with E-state index in [0.717, 1.165) is 16.6 Å². The Kier molecular flexibility index (Phi) is 6.31. The first-order valence-corrected chi connectivity index (χ1v) is 9.67. The van der Waals surface area contributed by atoms with Gasteiger partial charge in [0.15, 0.2) is 0 Å². The Morgan fingerprint density at radius 3 is 2.46 bits per heavy atom. The number of sulfonamides is 1. The number of hydrogen-bond acceptors (Lipinski definition) is 7. The van der Waals surface area contributed by atoms with Crippen LogP contribution in [0.2, 0.25) is 0 Å². The topological polar surface area (TPSA) is 136 Å². The summed E-state index contributed by atoms with van der Waals surface area (Å²) < 4.78 is 29.6. The molecule has 2 rings (SSSR count). The molecule has 0 aliphatic rings. The number of rotatable bonds is 7. The SMILES string of the molecule is COC(=O)c1ccccc1NC(=O)CN(c1cccc([N+](=O)[O-])c1)S(C)(=O)=O. The fourth-order valence-corrected chi connectivity index (χ4v) is 3.21. The van der Waals surface area contributed by atoms with Crippen LogP contribution in [-0.4, -0.2) is 45.1 Å². The number of para-hydroxylation sites is 1. The fraction of sp³-hybridized carbons (Fsp3) is 0.176. The average Bonchev–Trinajstić information content (AvgIpc) is 2.65. The quantitative estimate of drug-likeness (QED) is 0.420. The first-order valence-electron chi connectivity index (χ1n) is 7.83. The van der Waals surface area contributed by atoms with Gasteiger partial charge in [-0.05, 0) is 18.2 Å². The molecule has 0 spiro atoms. The smallest absolute Gasteiger partial charge is 0.339 e. The minimum Gasteiger partial charge on any atom is -0.465 e. The lowest BCUT2D eigenvalue weighted by molar-refractivity contribution is -0.384. The lowest BCUT2D eigenvalue weighted by atomic mass is 10.2. The fourth-order valence-electron chi connectivity index (χ4n) is 2.36. The number of methoxy groups -OCH3 is 1. The third-order valence-electron chi connectivity index (χ3n) is 3.62. The molecule has 0 radical (unpaired) electrons. The monoisotopic (exact) mass is 407 g/mol. The van der Waals surface area contributed by atoms with Crippen molar-refractivity contribution in [1.29, 1.82) is 0 Å². The second-order valence-electron chi connectivity index (χ2n) is 5.63. The van der Waals surface area contributed by atoms with Crippen molar-refractivity contribution in [3.63, 3.8) is 0 Å². The average molecular weight is 407 g/mol. The van der Waals surface area contributed by atoms with Crippen LogP contribution in [0.15, 0.2) is 48.5 Å². The van der Waals surface area contributed by atoms with E-state index in [2.05, 4.69) is 10.1 Å². The molecule has 0 unspecified atom stereocenters. The first-order chi connectivity index (χ1) is 13.1. The van der Waals surface area contributed by atoms with Gasteiger partial charge in [-0.1, -0.05) is 18.2 Å². The number of nitro benzene ring substituents is 1. The number of non-ortho nitro benzene ring substituents is 1. The Morgan fingerprint density at radius 1 is 1.18 bits per heavy atom. The molecule has 2 aromatic rings. The molecule has 0 atom stereocenters. The summed E-state index contributed by atoms with van der Waals surface area (Å²) in [5.41, 5.74) is -0.109. The van der Waals surface area contributed by atoms with Crippen LogP contribution in [0.3, 0.4) is 0 Å². The van der Waals surface area contributed by atoms with Crippen LogP contribution >= 0.6 is 0 Å². The van der Waals surface area contributed by atoms with Gasteiger partial charge >= 0.3 is 5.97 Å². The van der Waals surface area contributed by atoms with Crippen LogP contribution in [0.4, 0.5) is 17.1 Å². The van der Waals surface area contributed by atoms with Crippen molar-refractivity contribution in [1.82, 2.24) is 0 Å². The zero-order chi connectivity index (χ0) is 20.9. The van der Waals surface area contributed by atoms with Crippen molar-refractivity contribution < 1.29 is 27.7 Å². The number of ether oxygens (including phenoxy) is 1. The molecule has 0 aliphatic carbocycles. The summed E-state index contributed by atoms with van der Waals surface area (Å²) >= 11 is 0. The summed E-state index contributed by atoms with van der Waals surface area (Å²) in [7, 11) is -2.73. The zero-order valence-corrected chi connectivity index (χ0v) is 15.8. The molecule has 0 aliphatic heterocycles. The molecule has 28 heavy (non-hydrogen) atoms. The van der Waals surface area contributed by atoms with E-state index in [9.17, 15) is 28.1 Å². The van der Waals surface area contributed by atoms with Gasteiger partial charge in [-0.25, -0.2) is 13.2 Å². The summed E-state index contributed by atoms with van der Waals surface area (Å²) in [6.45, 7) is -0.643. The number of anilines is 2. The number of benzene rings is 2. The molecule has 0 saturated heterocycles. The predicted molar refractivity (Wildman–Crippen MR) is 102 cm³/mol. The Balaban J connectivity index is 2.30. The van der Waals surface area contributed by atoms with E-state index in [4.69, 9.17) is 0 Å². The van der Waals surface area contributed by atoms with E-state index >= 15 is 0 Å². The van der Waals surface area contributed by atoms with Crippen LogP contribution in [0.5, 0.6) is 0 Å². The maximum absolute atomic E-state index is 12.4. The molecule has 10 nitrogen and oxygen atoms in total. The number of nitro groups is 1. The second kappa shape index (κ2) is 8.48. The van der Waals surface area contributed by atoms with Crippen LogP contribution in [0, 0.1) is 10.1 Å². The minimum atomic E-state index is -3.92. The molecule has 0 saturated carbocycles. The number of esters is 1. The van der Waals surface area contributed by atoms with Gasteiger partial charge in [0, 0.05) is 12.1 Å². The molecule has 148 valence electrons. The second-order valence-corrected chi connectivity index (χ2v) is 7.54. The maximum atomic E-state index is 12.4. The standard InChI is InChI=1S/C17H17N3O7S/c1-27-17(22)14-8-3-4-9-15(14)18-16(21)11-19(28(2,25)26)12-6-5-7-13(10-12)20(23)24/h3-10H,11H2,1-2H3,(H,18,21). The van der Waals surface area contributed by atoms with Crippen molar-refractivity contribution in [2.24, 2.45) is 0 Å². The molecule has 2 aromatic carbocycles. The molecular formula is C17H17N3O7S. The zero-order valence-electron chi connectivity index (χ0n) is 15.0. The molecule has 11 heteroatoms. The number of nitrogens with one attached hydrogen (secondary N) is 1. The van der Waals surface area contributed by atoms with E-state index in [1.807, 2.05) is 0 Å². The largest absolute Gasteiger partial charge is 0.465 e. The molecular weight excluding hydrogens is 390 g/mol. The van der Waals surface area contributed by atoms with Crippen LogP contribution < -0.4 is 9.62 Å². The van der Waals surface area contributed by atoms with Gasteiger partial charge in [0.1, 0.15) is 6.54 Å². The van der Waals surface area contributed by atoms with Gasteiger partial charge in [-0.3, -0.25) is 19.2 Å². The third kappa shape index (κ3) is 5.04. The van der Waals surface area contributed by atoms with Crippen molar-refractivity contribution in [3.05, 3.63) is 64.2 Å². The Morgan fingerprint density at radius 2 is 1.86 bits per heavy atom. The number of carbonyl (C=O) groups is 2. The van der Waals surface area contributed by atoms with E-state index in [1.54, 1.807) is 12.1 Å². The number of nitrogens with zero attached hydrogens (tertiary/aromatic N) is 2. The van der Waals surface area contributed by atoms with Gasteiger partial charge in [0.25, 0.3) is 5.69 Å². The van der Waals surface area contributed by atoms with Crippen molar-refractivity contribution in [2.45, 2.75) is 0 Å². The van der Waals surface area contributed by atoms with Crippen LogP contribution in [-0.2, 0) is 19.6 Å². The molecule has 1 N–H and O–H groups in total. The Labute approximate surface area is 160 Å². The van der Waals surface area contributed by atoms with E-state index < -0.39 is 33.4 Å². The summed E-state index contributed by atoms with van der Waals surface area (Å²) in [5, 5.41) is 13.4. The molecule has 0 bridgehead atoms. The van der Waals surface area contributed by atoms with E-state index in [1.165, 1.54) is 37.4 Å². The highest BCUT2D eigenvalue weighted by Gasteiger charge is 2.23. The number of amides is 1. The maximum Gasteiger partial charge on any atom is 0.339 e.